The van der Waals surface area contributed by atoms with Crippen LogP contribution in [0.2, 0.25) is 0 Å². The number of benzene rings is 1. The lowest BCUT2D eigenvalue weighted by Gasteiger charge is -2.16. The lowest BCUT2D eigenvalue weighted by atomic mass is 10.0. The minimum absolute atomic E-state index is 0.106. The number of phosphoric ester groups is 2. The molecule has 8 nitrogen and oxygen atoms in total. The summed E-state index contributed by atoms with van der Waals surface area (Å²) in [4.78, 5) is 34.9. The Morgan fingerprint density at radius 1 is 1.00 bits per heavy atom. The van der Waals surface area contributed by atoms with Crippen LogP contribution in [0.15, 0.2) is 18.2 Å². The van der Waals surface area contributed by atoms with E-state index >= 15 is 0 Å². The predicted octanol–water partition coefficient (Wildman–Crippen LogP) is 1.75. The van der Waals surface area contributed by atoms with Crippen LogP contribution < -0.4 is 9.05 Å². The van der Waals surface area contributed by atoms with Crippen molar-refractivity contribution in [3.8, 4) is 11.5 Å². The maximum absolute atomic E-state index is 10.8. The molecular formula is C9H14O8P2. The van der Waals surface area contributed by atoms with Crippen LogP contribution in [0, 0.1) is 0 Å². The first kappa shape index (κ1) is 16.2. The molecule has 19 heavy (non-hydrogen) atoms. The summed E-state index contributed by atoms with van der Waals surface area (Å²) in [5, 5.41) is 0. The lowest BCUT2D eigenvalue weighted by molar-refractivity contribution is 0.279. The first-order valence-corrected chi connectivity index (χ1v) is 8.18. The first-order valence-electron chi connectivity index (χ1n) is 5.12. The third-order valence-corrected chi connectivity index (χ3v) is 2.93. The maximum atomic E-state index is 10.8. The summed E-state index contributed by atoms with van der Waals surface area (Å²) in [5.41, 5.74) is 0.474. The van der Waals surface area contributed by atoms with Gasteiger partial charge in [-0.15, -0.1) is 0 Å². The molecular weight excluding hydrogens is 298 g/mol. The summed E-state index contributed by atoms with van der Waals surface area (Å²) >= 11 is 0. The van der Waals surface area contributed by atoms with Gasteiger partial charge in [-0.1, -0.05) is 19.9 Å². The normalized spacial score (nSPS) is 12.6. The molecule has 0 fully saturated rings. The smallest absolute Gasteiger partial charge is 0.404 e. The van der Waals surface area contributed by atoms with Crippen LogP contribution >= 0.6 is 15.6 Å². The Morgan fingerprint density at radius 2 is 1.53 bits per heavy atom. The van der Waals surface area contributed by atoms with E-state index in [9.17, 15) is 9.13 Å². The Labute approximate surface area is 109 Å². The monoisotopic (exact) mass is 312 g/mol. The van der Waals surface area contributed by atoms with Gasteiger partial charge in [0.1, 0.15) is 11.5 Å². The second-order valence-corrected chi connectivity index (χ2v) is 6.35. The highest BCUT2D eigenvalue weighted by molar-refractivity contribution is 7.47. The van der Waals surface area contributed by atoms with Gasteiger partial charge in [-0.3, -0.25) is 19.6 Å². The highest BCUT2D eigenvalue weighted by atomic mass is 31.2. The third kappa shape index (κ3) is 5.74. The fourth-order valence-electron chi connectivity index (χ4n) is 1.39. The van der Waals surface area contributed by atoms with Crippen LogP contribution in [-0.4, -0.2) is 19.6 Å². The van der Waals surface area contributed by atoms with E-state index in [2.05, 4.69) is 9.05 Å². The predicted molar refractivity (Wildman–Crippen MR) is 65.9 cm³/mol. The van der Waals surface area contributed by atoms with Gasteiger partial charge in [-0.05, 0) is 17.5 Å². The molecule has 1 aromatic carbocycles. The van der Waals surface area contributed by atoms with E-state index in [0.29, 0.717) is 5.56 Å². The molecule has 0 aliphatic rings. The fourth-order valence-corrected chi connectivity index (χ4v) is 2.20. The summed E-state index contributed by atoms with van der Waals surface area (Å²) in [6.07, 6.45) is 0. The molecule has 0 saturated carbocycles. The van der Waals surface area contributed by atoms with Gasteiger partial charge in [0.2, 0.25) is 0 Å². The lowest BCUT2D eigenvalue weighted by Crippen LogP contribution is -1.98. The third-order valence-electron chi connectivity index (χ3n) is 2.05. The van der Waals surface area contributed by atoms with Crippen LogP contribution in [0.4, 0.5) is 0 Å². The number of hydrogen-bond donors (Lipinski definition) is 4. The molecule has 0 spiro atoms. The SMILES string of the molecule is CC(C)c1ccc(OP(=O)(O)O)cc1OP(=O)(O)O. The Balaban J connectivity index is 3.18. The van der Waals surface area contributed by atoms with Crippen molar-refractivity contribution in [3.63, 3.8) is 0 Å². The molecule has 0 bridgehead atoms. The van der Waals surface area contributed by atoms with Gasteiger partial charge in [0.15, 0.2) is 0 Å². The largest absolute Gasteiger partial charge is 0.524 e. The molecule has 0 amide bonds. The van der Waals surface area contributed by atoms with Gasteiger partial charge in [-0.2, -0.15) is 0 Å². The highest BCUT2D eigenvalue weighted by Crippen LogP contribution is 2.44. The van der Waals surface area contributed by atoms with Crippen molar-refractivity contribution in [2.45, 2.75) is 19.8 Å². The molecule has 108 valence electrons. The molecule has 0 aliphatic carbocycles. The molecule has 0 heterocycles. The van der Waals surface area contributed by atoms with Crippen molar-refractivity contribution in [1.82, 2.24) is 0 Å². The van der Waals surface area contributed by atoms with Crippen molar-refractivity contribution >= 4 is 15.6 Å². The Morgan fingerprint density at radius 3 is 1.95 bits per heavy atom. The molecule has 0 aromatic heterocycles. The molecule has 0 aliphatic heterocycles. The molecule has 0 unspecified atom stereocenters. The first-order chi connectivity index (χ1) is 8.48. The second kappa shape index (κ2) is 5.63. The quantitative estimate of drug-likeness (QED) is 0.604. The Hall–Kier alpha value is -0.880. The van der Waals surface area contributed by atoms with E-state index in [0.717, 1.165) is 6.07 Å². The van der Waals surface area contributed by atoms with Crippen LogP contribution in [0.5, 0.6) is 11.5 Å². The standard InChI is InChI=1S/C9H14O8P2/c1-6(2)8-4-3-7(16-18(10,11)12)5-9(8)17-19(13,14)15/h3-6H,1-2H3,(H2,10,11,12)(H2,13,14,15). The Kier molecular flexibility index (Phi) is 4.79. The summed E-state index contributed by atoms with van der Waals surface area (Å²) < 4.78 is 30.4. The fraction of sp³-hybridized carbons (Fsp3) is 0.333. The van der Waals surface area contributed by atoms with E-state index in [1.54, 1.807) is 13.8 Å². The average Bonchev–Trinajstić information content (AvgIpc) is 2.11. The summed E-state index contributed by atoms with van der Waals surface area (Å²) in [5.74, 6) is -0.541. The molecule has 4 N–H and O–H groups in total. The van der Waals surface area contributed by atoms with Crippen LogP contribution in [0.1, 0.15) is 25.3 Å². The van der Waals surface area contributed by atoms with Gasteiger partial charge in [0.05, 0.1) is 0 Å². The van der Waals surface area contributed by atoms with E-state index in [4.69, 9.17) is 19.6 Å². The summed E-state index contributed by atoms with van der Waals surface area (Å²) in [7, 11) is -9.52. The van der Waals surface area contributed by atoms with Crippen LogP contribution in [0.3, 0.4) is 0 Å². The van der Waals surface area contributed by atoms with Crippen molar-refractivity contribution in [2.75, 3.05) is 0 Å². The van der Waals surface area contributed by atoms with Crippen molar-refractivity contribution in [2.24, 2.45) is 0 Å². The molecule has 0 radical (unpaired) electrons. The molecule has 0 saturated heterocycles. The molecule has 0 atom stereocenters. The Bertz CT molecular complexity index is 543. The van der Waals surface area contributed by atoms with Crippen LogP contribution in [0.25, 0.3) is 0 Å². The average molecular weight is 312 g/mol. The minimum Gasteiger partial charge on any atom is -0.404 e. The van der Waals surface area contributed by atoms with Gasteiger partial charge in [0.25, 0.3) is 0 Å². The molecule has 10 heteroatoms. The van der Waals surface area contributed by atoms with Crippen LogP contribution in [-0.2, 0) is 9.13 Å². The zero-order chi connectivity index (χ0) is 14.8. The van der Waals surface area contributed by atoms with E-state index in [1.807, 2.05) is 0 Å². The van der Waals surface area contributed by atoms with Crippen molar-refractivity contribution < 1.29 is 37.8 Å². The maximum Gasteiger partial charge on any atom is 0.524 e. The number of phosphoric acid groups is 2. The molecule has 1 aromatic rings. The second-order valence-electron chi connectivity index (χ2n) is 4.02. The van der Waals surface area contributed by atoms with E-state index in [-0.39, 0.29) is 17.4 Å². The highest BCUT2D eigenvalue weighted by Gasteiger charge is 2.22. The van der Waals surface area contributed by atoms with E-state index in [1.165, 1.54) is 12.1 Å². The number of hydrogen-bond acceptors (Lipinski definition) is 4. The van der Waals surface area contributed by atoms with Gasteiger partial charge in [-0.25, -0.2) is 9.13 Å². The number of rotatable bonds is 5. The summed E-state index contributed by atoms with van der Waals surface area (Å²) in [6, 6.07) is 3.72. The van der Waals surface area contributed by atoms with E-state index < -0.39 is 15.6 Å². The molecule has 1 rings (SSSR count). The zero-order valence-corrected chi connectivity index (χ0v) is 11.9. The van der Waals surface area contributed by atoms with Gasteiger partial charge in [0, 0.05) is 6.07 Å². The van der Waals surface area contributed by atoms with Gasteiger partial charge < -0.3 is 9.05 Å². The van der Waals surface area contributed by atoms with Crippen molar-refractivity contribution in [3.05, 3.63) is 23.8 Å². The topological polar surface area (TPSA) is 134 Å². The zero-order valence-electron chi connectivity index (χ0n) is 10.1. The van der Waals surface area contributed by atoms with Gasteiger partial charge >= 0.3 is 15.6 Å². The van der Waals surface area contributed by atoms with Crippen molar-refractivity contribution in [1.29, 1.82) is 0 Å². The minimum atomic E-state index is -4.77. The summed E-state index contributed by atoms with van der Waals surface area (Å²) in [6.45, 7) is 3.54.